The predicted molar refractivity (Wildman–Crippen MR) is 94.9 cm³/mol. The molecule has 1 fully saturated rings. The second kappa shape index (κ2) is 7.67. The zero-order chi connectivity index (χ0) is 17.0. The molecular formula is C17H33ClO3Si. The minimum atomic E-state index is -1.74. The van der Waals surface area contributed by atoms with Gasteiger partial charge in [-0.1, -0.05) is 20.8 Å². The van der Waals surface area contributed by atoms with Crippen LogP contribution in [0, 0.1) is 5.41 Å². The molecule has 0 spiro atoms. The van der Waals surface area contributed by atoms with Crippen LogP contribution in [-0.2, 0) is 14.0 Å². The van der Waals surface area contributed by atoms with Crippen molar-refractivity contribution in [1.82, 2.24) is 0 Å². The molecule has 1 aliphatic carbocycles. The van der Waals surface area contributed by atoms with Gasteiger partial charge in [-0.25, -0.2) is 0 Å². The summed E-state index contributed by atoms with van der Waals surface area (Å²) < 4.78 is 11.8. The molecule has 0 aromatic rings. The minimum Gasteiger partial charge on any atom is -0.466 e. The van der Waals surface area contributed by atoms with Gasteiger partial charge < -0.3 is 9.16 Å². The molecule has 1 aliphatic rings. The van der Waals surface area contributed by atoms with E-state index in [0.29, 0.717) is 18.9 Å². The Morgan fingerprint density at radius 1 is 1.27 bits per heavy atom. The molecule has 0 radical (unpaired) electrons. The number of hydrogen-bond donors (Lipinski definition) is 0. The molecule has 0 atom stereocenters. The zero-order valence-corrected chi connectivity index (χ0v) is 16.9. The van der Waals surface area contributed by atoms with Crippen molar-refractivity contribution < 1.29 is 14.0 Å². The Kier molecular flexibility index (Phi) is 6.97. The first-order chi connectivity index (χ1) is 10.1. The van der Waals surface area contributed by atoms with Crippen LogP contribution in [0.1, 0.15) is 59.8 Å². The molecule has 1 saturated carbocycles. The molecule has 0 saturated heterocycles. The van der Waals surface area contributed by atoms with E-state index in [1.165, 1.54) is 0 Å². The third-order valence-corrected chi connectivity index (χ3v) is 10.2. The van der Waals surface area contributed by atoms with Crippen molar-refractivity contribution in [3.8, 4) is 0 Å². The van der Waals surface area contributed by atoms with Crippen molar-refractivity contribution in [3.63, 3.8) is 0 Å². The highest BCUT2D eigenvalue weighted by Crippen LogP contribution is 2.44. The average molecular weight is 349 g/mol. The number of alkyl halides is 1. The van der Waals surface area contributed by atoms with Gasteiger partial charge in [0, 0.05) is 12.0 Å². The van der Waals surface area contributed by atoms with Crippen molar-refractivity contribution in [2.45, 2.75) is 84.0 Å². The molecule has 5 heteroatoms. The Balaban J connectivity index is 2.69. The number of carbonyl (C=O) groups excluding carboxylic acids is 1. The molecule has 0 aromatic heterocycles. The maximum absolute atomic E-state index is 12.3. The fourth-order valence-electron chi connectivity index (χ4n) is 2.88. The highest BCUT2D eigenvalue weighted by atomic mass is 35.5. The Morgan fingerprint density at radius 3 is 2.23 bits per heavy atom. The highest BCUT2D eigenvalue weighted by molar-refractivity contribution is 6.74. The molecule has 1 rings (SSSR count). The number of rotatable bonds is 6. The van der Waals surface area contributed by atoms with Crippen molar-refractivity contribution in [1.29, 1.82) is 0 Å². The molecule has 0 bridgehead atoms. The van der Waals surface area contributed by atoms with E-state index >= 15 is 0 Å². The highest BCUT2D eigenvalue weighted by Gasteiger charge is 2.45. The summed E-state index contributed by atoms with van der Waals surface area (Å²) in [5, 5.41) is 0.221. The van der Waals surface area contributed by atoms with E-state index in [0.717, 1.165) is 25.7 Å². The van der Waals surface area contributed by atoms with Gasteiger partial charge in [0.2, 0.25) is 0 Å². The molecule has 0 N–H and O–H groups in total. The average Bonchev–Trinajstić information content (AvgIpc) is 2.40. The van der Waals surface area contributed by atoms with Gasteiger partial charge in [-0.3, -0.25) is 4.79 Å². The van der Waals surface area contributed by atoms with E-state index in [-0.39, 0.29) is 22.5 Å². The third kappa shape index (κ3) is 4.72. The van der Waals surface area contributed by atoms with Gasteiger partial charge in [-0.15, -0.1) is 11.6 Å². The summed E-state index contributed by atoms with van der Waals surface area (Å²) in [5.41, 5.74) is -0.384. The van der Waals surface area contributed by atoms with E-state index in [4.69, 9.17) is 20.8 Å². The van der Waals surface area contributed by atoms with Crippen molar-refractivity contribution in [3.05, 3.63) is 0 Å². The van der Waals surface area contributed by atoms with Gasteiger partial charge in [-0.05, 0) is 57.2 Å². The van der Waals surface area contributed by atoms with Crippen LogP contribution in [0.25, 0.3) is 0 Å². The van der Waals surface area contributed by atoms with E-state index in [1.807, 2.05) is 6.92 Å². The lowest BCUT2D eigenvalue weighted by molar-refractivity contribution is -0.159. The van der Waals surface area contributed by atoms with E-state index < -0.39 is 8.32 Å². The maximum atomic E-state index is 12.3. The van der Waals surface area contributed by atoms with Crippen LogP contribution in [0.5, 0.6) is 0 Å². The molecule has 0 heterocycles. The number of ether oxygens (including phenoxy) is 1. The summed E-state index contributed by atoms with van der Waals surface area (Å²) >= 11 is 5.94. The molecule has 3 nitrogen and oxygen atoms in total. The van der Waals surface area contributed by atoms with Gasteiger partial charge in [0.1, 0.15) is 0 Å². The number of carbonyl (C=O) groups is 1. The lowest BCUT2D eigenvalue weighted by atomic mass is 9.71. The molecule has 130 valence electrons. The minimum absolute atomic E-state index is 0.0681. The summed E-state index contributed by atoms with van der Waals surface area (Å²) in [4.78, 5) is 12.3. The van der Waals surface area contributed by atoms with E-state index in [9.17, 15) is 4.79 Å². The fourth-order valence-corrected chi connectivity index (χ4v) is 4.66. The van der Waals surface area contributed by atoms with Gasteiger partial charge in [0.25, 0.3) is 0 Å². The van der Waals surface area contributed by atoms with Crippen molar-refractivity contribution in [2.75, 3.05) is 12.5 Å². The normalized spacial score (nSPS) is 26.8. The smallest absolute Gasteiger partial charge is 0.312 e. The first kappa shape index (κ1) is 20.0. The van der Waals surface area contributed by atoms with E-state index in [2.05, 4.69) is 33.9 Å². The summed E-state index contributed by atoms with van der Waals surface area (Å²) in [6, 6.07) is 0. The van der Waals surface area contributed by atoms with Crippen LogP contribution in [0.4, 0.5) is 0 Å². The Labute approximate surface area is 142 Å². The van der Waals surface area contributed by atoms with Crippen molar-refractivity contribution >= 4 is 25.9 Å². The molecule has 0 unspecified atom stereocenters. The third-order valence-electron chi connectivity index (χ3n) is 5.44. The summed E-state index contributed by atoms with van der Waals surface area (Å²) in [7, 11) is -1.74. The quantitative estimate of drug-likeness (QED) is 0.379. The second-order valence-corrected chi connectivity index (χ2v) is 13.2. The van der Waals surface area contributed by atoms with Crippen LogP contribution in [-0.4, -0.2) is 32.9 Å². The van der Waals surface area contributed by atoms with Gasteiger partial charge in [0.05, 0.1) is 12.0 Å². The molecular weight excluding hydrogens is 316 g/mol. The first-order valence-corrected chi connectivity index (χ1v) is 11.9. The zero-order valence-electron chi connectivity index (χ0n) is 15.1. The lowest BCUT2D eigenvalue weighted by Gasteiger charge is -2.43. The SMILES string of the molecule is CCOC(=O)C1(CCCl)CCC(O[Si](C)(C)C(C)(C)C)CC1. The van der Waals surface area contributed by atoms with Crippen LogP contribution >= 0.6 is 11.6 Å². The lowest BCUT2D eigenvalue weighted by Crippen LogP contribution is -2.46. The number of hydrogen-bond acceptors (Lipinski definition) is 3. The Morgan fingerprint density at radius 2 is 1.82 bits per heavy atom. The topological polar surface area (TPSA) is 35.5 Å². The monoisotopic (exact) mass is 348 g/mol. The Hall–Kier alpha value is -0.0631. The second-order valence-electron chi connectivity index (χ2n) is 8.02. The largest absolute Gasteiger partial charge is 0.466 e. The van der Waals surface area contributed by atoms with Crippen LogP contribution in [0.2, 0.25) is 18.1 Å². The van der Waals surface area contributed by atoms with Crippen molar-refractivity contribution in [2.24, 2.45) is 5.41 Å². The molecule has 22 heavy (non-hydrogen) atoms. The fraction of sp³-hybridized carbons (Fsp3) is 0.941. The maximum Gasteiger partial charge on any atom is 0.312 e. The first-order valence-electron chi connectivity index (χ1n) is 8.49. The summed E-state index contributed by atoms with van der Waals surface area (Å²) in [5.74, 6) is 0.438. The molecule has 0 aromatic carbocycles. The van der Waals surface area contributed by atoms with Gasteiger partial charge in [-0.2, -0.15) is 0 Å². The van der Waals surface area contributed by atoms with Crippen LogP contribution in [0.15, 0.2) is 0 Å². The van der Waals surface area contributed by atoms with Crippen LogP contribution in [0.3, 0.4) is 0 Å². The Bertz CT molecular complexity index is 369. The molecule has 0 amide bonds. The number of halogens is 1. The van der Waals surface area contributed by atoms with Crippen LogP contribution < -0.4 is 0 Å². The summed E-state index contributed by atoms with van der Waals surface area (Å²) in [6.07, 6.45) is 4.51. The standard InChI is InChI=1S/C17H33ClO3Si/c1-7-20-15(19)17(12-13-18)10-8-14(9-11-17)21-22(5,6)16(2,3)4/h14H,7-13H2,1-6H3. The van der Waals surface area contributed by atoms with Gasteiger partial charge in [0.15, 0.2) is 8.32 Å². The van der Waals surface area contributed by atoms with Gasteiger partial charge >= 0.3 is 5.97 Å². The number of esters is 1. The molecule has 0 aliphatic heterocycles. The van der Waals surface area contributed by atoms with E-state index in [1.54, 1.807) is 0 Å². The predicted octanol–water partition coefficient (Wildman–Crippen LogP) is 5.13. The summed E-state index contributed by atoms with van der Waals surface area (Å²) in [6.45, 7) is 13.7.